The monoisotopic (exact) mass is 329 g/mol. The Labute approximate surface area is 129 Å². The van der Waals surface area contributed by atoms with E-state index in [-0.39, 0.29) is 16.9 Å². The Balaban J connectivity index is 2.19. The van der Waals surface area contributed by atoms with Crippen LogP contribution in [0.4, 0.5) is 4.39 Å². The lowest BCUT2D eigenvalue weighted by Gasteiger charge is -2.28. The molecule has 0 amide bonds. The maximum Gasteiger partial charge on any atom is 0.338 e. The highest BCUT2D eigenvalue weighted by molar-refractivity contribution is 7.89. The third kappa shape index (κ3) is 3.84. The average molecular weight is 329 g/mol. The van der Waals surface area contributed by atoms with E-state index in [1.54, 1.807) is 0 Å². The van der Waals surface area contributed by atoms with Gasteiger partial charge in [-0.2, -0.15) is 0 Å². The summed E-state index contributed by atoms with van der Waals surface area (Å²) in [5, 5.41) is 8.89. The van der Waals surface area contributed by atoms with E-state index in [0.717, 1.165) is 43.9 Å². The van der Waals surface area contributed by atoms with Crippen LogP contribution in [0.5, 0.6) is 0 Å². The van der Waals surface area contributed by atoms with Gasteiger partial charge < -0.3 is 5.11 Å². The summed E-state index contributed by atoms with van der Waals surface area (Å²) in [4.78, 5) is 10.7. The first kappa shape index (κ1) is 16.9. The molecule has 0 spiro atoms. The number of aromatic carboxylic acids is 1. The number of hydrogen-bond acceptors (Lipinski definition) is 3. The van der Waals surface area contributed by atoms with Gasteiger partial charge in [0.15, 0.2) is 0 Å². The molecule has 1 saturated carbocycles. The third-order valence-corrected chi connectivity index (χ3v) is 5.73. The first-order chi connectivity index (χ1) is 10.3. The van der Waals surface area contributed by atoms with Crippen LogP contribution in [0.2, 0.25) is 0 Å². The van der Waals surface area contributed by atoms with Crippen molar-refractivity contribution in [3.63, 3.8) is 0 Å². The first-order valence-corrected chi connectivity index (χ1v) is 8.85. The van der Waals surface area contributed by atoms with Gasteiger partial charge in [-0.1, -0.05) is 19.3 Å². The van der Waals surface area contributed by atoms with Gasteiger partial charge in [0.1, 0.15) is 5.82 Å². The van der Waals surface area contributed by atoms with Crippen molar-refractivity contribution >= 4 is 16.0 Å². The van der Waals surface area contributed by atoms with E-state index in [9.17, 15) is 17.6 Å². The quantitative estimate of drug-likeness (QED) is 0.870. The summed E-state index contributed by atoms with van der Waals surface area (Å²) in [6.45, 7) is 1.81. The number of carbonyl (C=O) groups is 1. The summed E-state index contributed by atoms with van der Waals surface area (Å²) in [6.07, 6.45) is 5.32. The molecular weight excluding hydrogens is 309 g/mol. The van der Waals surface area contributed by atoms with Crippen LogP contribution in [0.1, 0.15) is 49.4 Å². The molecule has 1 fully saturated rings. The van der Waals surface area contributed by atoms with Gasteiger partial charge in [-0.3, -0.25) is 0 Å². The minimum atomic E-state index is -3.86. The summed E-state index contributed by atoms with van der Waals surface area (Å²) in [5.41, 5.74) is -0.645. The molecule has 122 valence electrons. The SMILES string of the molecule is CC(NS(=O)(=O)c1ccc(F)c(C(=O)O)c1)C1CCCCC1. The van der Waals surface area contributed by atoms with Crippen LogP contribution in [0.15, 0.2) is 23.1 Å². The smallest absolute Gasteiger partial charge is 0.338 e. The maximum absolute atomic E-state index is 13.4. The van der Waals surface area contributed by atoms with Gasteiger partial charge in [0.05, 0.1) is 10.5 Å². The predicted molar refractivity (Wildman–Crippen MR) is 79.7 cm³/mol. The van der Waals surface area contributed by atoms with E-state index < -0.39 is 27.4 Å². The Morgan fingerprint density at radius 3 is 2.55 bits per heavy atom. The van der Waals surface area contributed by atoms with Crippen molar-refractivity contribution in [2.24, 2.45) is 5.92 Å². The van der Waals surface area contributed by atoms with E-state index in [4.69, 9.17) is 5.11 Å². The lowest BCUT2D eigenvalue weighted by molar-refractivity contribution is 0.0691. The van der Waals surface area contributed by atoms with Gasteiger partial charge in [-0.25, -0.2) is 22.3 Å². The van der Waals surface area contributed by atoms with Crippen molar-refractivity contribution in [2.75, 3.05) is 0 Å². The molecule has 1 aliphatic carbocycles. The normalized spacial score (nSPS) is 18.1. The highest BCUT2D eigenvalue weighted by atomic mass is 32.2. The first-order valence-electron chi connectivity index (χ1n) is 7.36. The minimum Gasteiger partial charge on any atom is -0.478 e. The molecule has 5 nitrogen and oxygen atoms in total. The largest absolute Gasteiger partial charge is 0.478 e. The molecule has 0 saturated heterocycles. The summed E-state index contributed by atoms with van der Waals surface area (Å²) in [5.74, 6) is -2.16. The molecule has 22 heavy (non-hydrogen) atoms. The van der Waals surface area contributed by atoms with Gasteiger partial charge in [-0.15, -0.1) is 0 Å². The number of benzene rings is 1. The van der Waals surface area contributed by atoms with Crippen LogP contribution in [-0.4, -0.2) is 25.5 Å². The van der Waals surface area contributed by atoms with Gasteiger partial charge in [0.25, 0.3) is 0 Å². The number of halogens is 1. The fourth-order valence-corrected chi connectivity index (χ4v) is 4.22. The van der Waals surface area contributed by atoms with E-state index in [0.29, 0.717) is 0 Å². The molecule has 0 aliphatic heterocycles. The highest BCUT2D eigenvalue weighted by Gasteiger charge is 2.26. The number of carboxylic acid groups (broad SMARTS) is 1. The van der Waals surface area contributed by atoms with Crippen LogP contribution in [0.25, 0.3) is 0 Å². The zero-order valence-electron chi connectivity index (χ0n) is 12.4. The van der Waals surface area contributed by atoms with Crippen LogP contribution >= 0.6 is 0 Å². The molecule has 1 aromatic carbocycles. The molecule has 0 heterocycles. The molecule has 0 radical (unpaired) electrons. The van der Waals surface area contributed by atoms with Crippen LogP contribution in [0, 0.1) is 11.7 Å². The number of rotatable bonds is 5. The highest BCUT2D eigenvalue weighted by Crippen LogP contribution is 2.27. The fraction of sp³-hybridized carbons (Fsp3) is 0.533. The lowest BCUT2D eigenvalue weighted by atomic mass is 9.85. The van der Waals surface area contributed by atoms with Gasteiger partial charge in [0, 0.05) is 6.04 Å². The van der Waals surface area contributed by atoms with E-state index >= 15 is 0 Å². The van der Waals surface area contributed by atoms with Crippen molar-refractivity contribution in [1.29, 1.82) is 0 Å². The summed E-state index contributed by atoms with van der Waals surface area (Å²) >= 11 is 0. The van der Waals surface area contributed by atoms with Crippen molar-refractivity contribution in [3.8, 4) is 0 Å². The molecule has 7 heteroatoms. The van der Waals surface area contributed by atoms with Crippen molar-refractivity contribution in [1.82, 2.24) is 4.72 Å². The standard InChI is InChI=1S/C15H20FNO4S/c1-10(11-5-3-2-4-6-11)17-22(20,21)12-7-8-14(16)13(9-12)15(18)19/h7-11,17H,2-6H2,1H3,(H,18,19). The minimum absolute atomic E-state index is 0.228. The van der Waals surface area contributed by atoms with Crippen LogP contribution in [-0.2, 0) is 10.0 Å². The Kier molecular flexibility index (Phi) is 5.18. The van der Waals surface area contributed by atoms with Gasteiger partial charge in [0.2, 0.25) is 10.0 Å². The molecule has 2 rings (SSSR count). The van der Waals surface area contributed by atoms with E-state index in [1.165, 1.54) is 6.42 Å². The second-order valence-electron chi connectivity index (χ2n) is 5.75. The topological polar surface area (TPSA) is 83.5 Å². The number of sulfonamides is 1. The molecule has 1 aromatic rings. The van der Waals surface area contributed by atoms with E-state index in [1.807, 2.05) is 6.92 Å². The molecule has 1 atom stereocenters. The zero-order valence-corrected chi connectivity index (χ0v) is 13.2. The van der Waals surface area contributed by atoms with Crippen LogP contribution < -0.4 is 4.72 Å². The summed E-state index contributed by atoms with van der Waals surface area (Å²) in [7, 11) is -3.86. The molecule has 0 aromatic heterocycles. The van der Waals surface area contributed by atoms with E-state index in [2.05, 4.69) is 4.72 Å². The number of hydrogen-bond donors (Lipinski definition) is 2. The average Bonchev–Trinajstić information content (AvgIpc) is 2.47. The Morgan fingerprint density at radius 2 is 1.95 bits per heavy atom. The second kappa shape index (κ2) is 6.75. The molecule has 1 unspecified atom stereocenters. The fourth-order valence-electron chi connectivity index (χ4n) is 2.88. The summed E-state index contributed by atoms with van der Waals surface area (Å²) in [6, 6.07) is 2.57. The Morgan fingerprint density at radius 1 is 1.32 bits per heavy atom. The molecule has 0 bridgehead atoms. The Hall–Kier alpha value is -1.47. The second-order valence-corrected chi connectivity index (χ2v) is 7.47. The van der Waals surface area contributed by atoms with Gasteiger partial charge >= 0.3 is 5.97 Å². The van der Waals surface area contributed by atoms with Crippen molar-refractivity contribution < 1.29 is 22.7 Å². The van der Waals surface area contributed by atoms with Crippen molar-refractivity contribution in [2.45, 2.75) is 50.0 Å². The summed E-state index contributed by atoms with van der Waals surface area (Å²) < 4.78 is 40.6. The lowest BCUT2D eigenvalue weighted by Crippen LogP contribution is -2.38. The van der Waals surface area contributed by atoms with Crippen LogP contribution in [0.3, 0.4) is 0 Å². The number of nitrogens with one attached hydrogen (secondary N) is 1. The predicted octanol–water partition coefficient (Wildman–Crippen LogP) is 2.77. The van der Waals surface area contributed by atoms with Crippen molar-refractivity contribution in [3.05, 3.63) is 29.6 Å². The van der Waals surface area contributed by atoms with Gasteiger partial charge in [-0.05, 0) is 43.9 Å². The number of carboxylic acids is 1. The third-order valence-electron chi connectivity index (χ3n) is 4.18. The maximum atomic E-state index is 13.4. The Bertz CT molecular complexity index is 654. The molecular formula is C15H20FNO4S. The molecule has 1 aliphatic rings. The zero-order chi connectivity index (χ0) is 16.3. The molecule has 2 N–H and O–H groups in total.